The average Bonchev–Trinajstić information content (AvgIpc) is 2.71. The van der Waals surface area contributed by atoms with E-state index in [9.17, 15) is 0 Å². The highest BCUT2D eigenvalue weighted by Gasteiger charge is 2.22. The molecule has 0 fully saturated rings. The van der Waals surface area contributed by atoms with Gasteiger partial charge < -0.3 is 4.74 Å². The van der Waals surface area contributed by atoms with Gasteiger partial charge in [0.05, 0.1) is 18.5 Å². The Kier molecular flexibility index (Phi) is 4.07. The maximum Gasteiger partial charge on any atom is 0.126 e. The van der Waals surface area contributed by atoms with E-state index in [1.54, 1.807) is 7.11 Å². The minimum absolute atomic E-state index is 0.855. The van der Waals surface area contributed by atoms with Crippen molar-refractivity contribution in [1.29, 1.82) is 0 Å². The molecule has 1 aliphatic rings. The first-order valence-corrected chi connectivity index (χ1v) is 6.79. The van der Waals surface area contributed by atoms with Crippen molar-refractivity contribution in [3.05, 3.63) is 33.9 Å². The third-order valence-corrected chi connectivity index (χ3v) is 3.38. The third kappa shape index (κ3) is 2.43. The lowest BCUT2D eigenvalue weighted by molar-refractivity contribution is 0.413. The number of benzene rings is 1. The molecule has 1 aromatic rings. The van der Waals surface area contributed by atoms with E-state index >= 15 is 0 Å². The second kappa shape index (κ2) is 5.57. The van der Waals surface area contributed by atoms with E-state index in [1.165, 1.54) is 0 Å². The molecule has 1 aromatic carbocycles. The zero-order valence-corrected chi connectivity index (χ0v) is 12.4. The van der Waals surface area contributed by atoms with Gasteiger partial charge in [0.15, 0.2) is 0 Å². The van der Waals surface area contributed by atoms with Crippen LogP contribution < -0.4 is 10.2 Å². The Hall–Kier alpha value is -1.29. The molecule has 0 unspecified atom stereocenters. The van der Waals surface area contributed by atoms with Crippen molar-refractivity contribution in [3.8, 4) is 5.75 Å². The van der Waals surface area contributed by atoms with Crippen LogP contribution in [0.2, 0.25) is 0 Å². The molecule has 2 rings (SSSR count). The van der Waals surface area contributed by atoms with Gasteiger partial charge in [-0.1, -0.05) is 29.3 Å². The SMILES string of the molecule is CCCC1=N[N]C(C)=C1c1cc(Br)ccc1OC. The molecule has 0 bridgehead atoms. The van der Waals surface area contributed by atoms with E-state index in [2.05, 4.69) is 39.4 Å². The quantitative estimate of drug-likeness (QED) is 0.829. The van der Waals surface area contributed by atoms with Gasteiger partial charge in [0.2, 0.25) is 0 Å². The van der Waals surface area contributed by atoms with Crippen LogP contribution in [0.15, 0.2) is 33.5 Å². The number of ether oxygens (including phenoxy) is 1. The summed E-state index contributed by atoms with van der Waals surface area (Å²) in [6, 6.07) is 5.99. The summed E-state index contributed by atoms with van der Waals surface area (Å²) in [5.41, 5.74) is 8.36. The highest BCUT2D eigenvalue weighted by Crippen LogP contribution is 2.34. The van der Waals surface area contributed by atoms with E-state index in [-0.39, 0.29) is 0 Å². The topological polar surface area (TPSA) is 35.7 Å². The summed E-state index contributed by atoms with van der Waals surface area (Å²) in [6.45, 7) is 4.13. The predicted octanol–water partition coefficient (Wildman–Crippen LogP) is 3.96. The van der Waals surface area contributed by atoms with Crippen LogP contribution in [0, 0.1) is 0 Å². The molecule has 0 amide bonds. The maximum atomic E-state index is 5.44. The minimum atomic E-state index is 0.855. The van der Waals surface area contributed by atoms with Gasteiger partial charge >= 0.3 is 0 Å². The largest absolute Gasteiger partial charge is 0.496 e. The Bertz CT molecular complexity index is 521. The van der Waals surface area contributed by atoms with Crippen LogP contribution in [0.1, 0.15) is 32.3 Å². The van der Waals surface area contributed by atoms with Crippen molar-refractivity contribution < 1.29 is 4.74 Å². The first-order valence-electron chi connectivity index (χ1n) is 6.00. The molecular weight excluding hydrogens is 292 g/mol. The lowest BCUT2D eigenvalue weighted by atomic mass is 9.96. The van der Waals surface area contributed by atoms with Crippen molar-refractivity contribution in [2.45, 2.75) is 26.7 Å². The van der Waals surface area contributed by atoms with Gasteiger partial charge in [0, 0.05) is 15.6 Å². The smallest absolute Gasteiger partial charge is 0.126 e. The number of nitrogens with zero attached hydrogens (tertiary/aromatic N) is 2. The molecule has 0 atom stereocenters. The van der Waals surface area contributed by atoms with Crippen LogP contribution in [-0.2, 0) is 0 Å². The second-order valence-electron chi connectivity index (χ2n) is 4.20. The van der Waals surface area contributed by atoms with Gasteiger partial charge in [-0.05, 0) is 31.5 Å². The number of rotatable bonds is 4. The van der Waals surface area contributed by atoms with Crippen LogP contribution >= 0.6 is 15.9 Å². The molecule has 18 heavy (non-hydrogen) atoms. The molecule has 0 saturated carbocycles. The van der Waals surface area contributed by atoms with Gasteiger partial charge in [0.1, 0.15) is 5.75 Å². The van der Waals surface area contributed by atoms with E-state index < -0.39 is 0 Å². The molecule has 0 aromatic heterocycles. The number of hydrogen-bond acceptors (Lipinski definition) is 2. The van der Waals surface area contributed by atoms with Gasteiger partial charge in [0.25, 0.3) is 0 Å². The van der Waals surface area contributed by atoms with E-state index in [4.69, 9.17) is 4.74 Å². The summed E-state index contributed by atoms with van der Waals surface area (Å²) < 4.78 is 6.46. The van der Waals surface area contributed by atoms with Crippen LogP contribution in [0.5, 0.6) is 5.75 Å². The average molecular weight is 308 g/mol. The Morgan fingerprint density at radius 3 is 2.78 bits per heavy atom. The first kappa shape index (κ1) is 13.1. The summed E-state index contributed by atoms with van der Waals surface area (Å²) in [5, 5.41) is 4.27. The Morgan fingerprint density at radius 2 is 2.11 bits per heavy atom. The second-order valence-corrected chi connectivity index (χ2v) is 5.12. The maximum absolute atomic E-state index is 5.44. The molecule has 0 N–H and O–H groups in total. The van der Waals surface area contributed by atoms with E-state index in [0.29, 0.717) is 0 Å². The van der Waals surface area contributed by atoms with Crippen LogP contribution in [0.3, 0.4) is 0 Å². The lowest BCUT2D eigenvalue weighted by Crippen LogP contribution is -2.02. The van der Waals surface area contributed by atoms with Crippen LogP contribution in [-0.4, -0.2) is 12.8 Å². The van der Waals surface area contributed by atoms with Crippen molar-refractivity contribution in [1.82, 2.24) is 5.43 Å². The molecule has 3 nitrogen and oxygen atoms in total. The monoisotopic (exact) mass is 307 g/mol. The van der Waals surface area contributed by atoms with Crippen molar-refractivity contribution >= 4 is 27.2 Å². The summed E-state index contributed by atoms with van der Waals surface area (Å²) in [6.07, 6.45) is 1.99. The number of allylic oxidation sites excluding steroid dienone is 2. The van der Waals surface area contributed by atoms with Crippen LogP contribution in [0.25, 0.3) is 5.57 Å². The van der Waals surface area contributed by atoms with Gasteiger partial charge in [-0.15, -0.1) is 0 Å². The molecular formula is C14H16BrN2O. The summed E-state index contributed by atoms with van der Waals surface area (Å²) in [4.78, 5) is 0. The molecule has 0 spiro atoms. The molecule has 0 saturated heterocycles. The summed E-state index contributed by atoms with van der Waals surface area (Å²) in [7, 11) is 1.69. The Morgan fingerprint density at radius 1 is 1.33 bits per heavy atom. The highest BCUT2D eigenvalue weighted by atomic mass is 79.9. The summed E-state index contributed by atoms with van der Waals surface area (Å²) in [5.74, 6) is 0.855. The van der Waals surface area contributed by atoms with Gasteiger partial charge in [-0.3, -0.25) is 0 Å². The fourth-order valence-electron chi connectivity index (χ4n) is 2.08. The normalized spacial score (nSPS) is 14.6. The molecule has 1 aliphatic heterocycles. The Labute approximate surface area is 116 Å². The first-order chi connectivity index (χ1) is 8.67. The number of hydrogen-bond donors (Lipinski definition) is 0. The van der Waals surface area contributed by atoms with Gasteiger partial charge in [-0.25, -0.2) is 0 Å². The van der Waals surface area contributed by atoms with E-state index in [1.807, 2.05) is 19.1 Å². The fraction of sp³-hybridized carbons (Fsp3) is 0.357. The number of halogens is 1. The standard InChI is InChI=1S/C14H16BrN2O/c1-4-5-12-14(9(2)16-17-12)11-8-10(15)6-7-13(11)18-3/h6-8H,4-5H2,1-3H3. The van der Waals surface area contributed by atoms with Gasteiger partial charge in [-0.2, -0.15) is 10.5 Å². The minimum Gasteiger partial charge on any atom is -0.496 e. The van der Waals surface area contributed by atoms with Crippen molar-refractivity contribution in [3.63, 3.8) is 0 Å². The molecule has 95 valence electrons. The van der Waals surface area contributed by atoms with E-state index in [0.717, 1.165) is 45.6 Å². The zero-order chi connectivity index (χ0) is 13.1. The zero-order valence-electron chi connectivity index (χ0n) is 10.8. The van der Waals surface area contributed by atoms with Crippen molar-refractivity contribution in [2.75, 3.05) is 7.11 Å². The highest BCUT2D eigenvalue weighted by molar-refractivity contribution is 9.10. The molecule has 4 heteroatoms. The summed E-state index contributed by atoms with van der Waals surface area (Å²) >= 11 is 3.50. The molecule has 1 heterocycles. The lowest BCUT2D eigenvalue weighted by Gasteiger charge is -2.12. The third-order valence-electron chi connectivity index (χ3n) is 2.89. The fourth-order valence-corrected chi connectivity index (χ4v) is 2.44. The number of methoxy groups -OCH3 is 1. The predicted molar refractivity (Wildman–Crippen MR) is 77.8 cm³/mol. The molecule has 0 aliphatic carbocycles. The molecule has 1 radical (unpaired) electrons. The van der Waals surface area contributed by atoms with Crippen molar-refractivity contribution in [2.24, 2.45) is 5.10 Å². The Balaban J connectivity index is 2.50. The van der Waals surface area contributed by atoms with Crippen LogP contribution in [0.4, 0.5) is 0 Å².